The van der Waals surface area contributed by atoms with Gasteiger partial charge in [-0.05, 0) is 55.5 Å². The van der Waals surface area contributed by atoms with Crippen molar-refractivity contribution in [2.45, 2.75) is 25.7 Å². The van der Waals surface area contributed by atoms with Gasteiger partial charge < -0.3 is 14.2 Å². The van der Waals surface area contributed by atoms with Gasteiger partial charge in [0, 0.05) is 31.1 Å². The van der Waals surface area contributed by atoms with Gasteiger partial charge in [-0.1, -0.05) is 18.2 Å². The molecule has 0 atom stereocenters. The molecule has 1 saturated heterocycles. The summed E-state index contributed by atoms with van der Waals surface area (Å²) in [6.07, 6.45) is 5.79. The Labute approximate surface area is 194 Å². The fraction of sp³-hybridized carbons (Fsp3) is 0.320. The molecule has 4 heterocycles. The van der Waals surface area contributed by atoms with Crippen LogP contribution in [0.4, 0.5) is 5.95 Å². The standard InChI is InChI=1S/C25H24N4O3S/c30-23(19-10-6-16-32-19)27-12-14-28(15-13-27)25-26-22-21(18-9-4-5-11-20(18)33-22)24(31)29(25)17-7-2-1-3-8-17/h1-3,6-8,10,16H,4-5,9,11-15H2. The number of fused-ring (bicyclic) bond motifs is 3. The molecule has 0 spiro atoms. The summed E-state index contributed by atoms with van der Waals surface area (Å²) < 4.78 is 7.04. The largest absolute Gasteiger partial charge is 0.459 e. The van der Waals surface area contributed by atoms with Crippen LogP contribution in [0.1, 0.15) is 33.8 Å². The van der Waals surface area contributed by atoms with Crippen LogP contribution in [0.15, 0.2) is 57.9 Å². The quantitative estimate of drug-likeness (QED) is 0.464. The molecule has 6 rings (SSSR count). The molecule has 7 nitrogen and oxygen atoms in total. The SMILES string of the molecule is O=C(c1ccco1)N1CCN(c2nc3sc4c(c3c(=O)n2-c2ccccc2)CCCC4)CC1. The number of aryl methyl sites for hydroxylation is 2. The number of para-hydroxylation sites is 1. The van der Waals surface area contributed by atoms with Crippen LogP contribution in [0.2, 0.25) is 0 Å². The summed E-state index contributed by atoms with van der Waals surface area (Å²) in [5.74, 6) is 0.908. The van der Waals surface area contributed by atoms with Crippen molar-refractivity contribution in [2.24, 2.45) is 0 Å². The number of nitrogens with zero attached hydrogens (tertiary/aromatic N) is 4. The van der Waals surface area contributed by atoms with Gasteiger partial charge in [0.15, 0.2) is 5.76 Å². The minimum absolute atomic E-state index is 0.00897. The lowest BCUT2D eigenvalue weighted by atomic mass is 9.97. The molecule has 2 aliphatic rings. The molecule has 0 bridgehead atoms. The topological polar surface area (TPSA) is 71.6 Å². The minimum atomic E-state index is -0.102. The number of carbonyl (C=O) groups is 1. The third-order valence-electron chi connectivity index (χ3n) is 6.57. The highest BCUT2D eigenvalue weighted by molar-refractivity contribution is 7.18. The highest BCUT2D eigenvalue weighted by atomic mass is 32.1. The number of amides is 1. The zero-order valence-corrected chi connectivity index (χ0v) is 19.0. The van der Waals surface area contributed by atoms with Gasteiger partial charge in [-0.25, -0.2) is 9.55 Å². The molecule has 0 radical (unpaired) electrons. The summed E-state index contributed by atoms with van der Waals surface area (Å²) in [4.78, 5) is 37.7. The number of rotatable bonds is 3. The van der Waals surface area contributed by atoms with E-state index >= 15 is 0 Å². The predicted molar refractivity (Wildman–Crippen MR) is 129 cm³/mol. The Kier molecular flexibility index (Phi) is 5.02. The number of piperazine rings is 1. The summed E-state index contributed by atoms with van der Waals surface area (Å²) in [6, 6.07) is 13.2. The van der Waals surface area contributed by atoms with E-state index in [4.69, 9.17) is 9.40 Å². The molecule has 1 aliphatic heterocycles. The van der Waals surface area contributed by atoms with Crippen LogP contribution < -0.4 is 10.5 Å². The number of aromatic nitrogens is 2. The Hall–Kier alpha value is -3.39. The van der Waals surface area contributed by atoms with Crippen molar-refractivity contribution in [3.05, 3.63) is 75.3 Å². The molecule has 0 N–H and O–H groups in total. The van der Waals surface area contributed by atoms with Crippen molar-refractivity contribution in [3.63, 3.8) is 0 Å². The maximum Gasteiger partial charge on any atom is 0.289 e. The van der Waals surface area contributed by atoms with Crippen molar-refractivity contribution < 1.29 is 9.21 Å². The molecule has 0 saturated carbocycles. The average molecular weight is 461 g/mol. The lowest BCUT2D eigenvalue weighted by Crippen LogP contribution is -2.50. The number of thiophene rings is 1. The summed E-state index contributed by atoms with van der Waals surface area (Å²) in [5.41, 5.74) is 2.02. The zero-order chi connectivity index (χ0) is 22.4. The van der Waals surface area contributed by atoms with E-state index in [0.717, 1.165) is 35.2 Å². The molecular weight excluding hydrogens is 436 g/mol. The van der Waals surface area contributed by atoms with Crippen LogP contribution in [0, 0.1) is 0 Å². The van der Waals surface area contributed by atoms with Crippen LogP contribution in [0.25, 0.3) is 15.9 Å². The molecule has 0 unspecified atom stereocenters. The van der Waals surface area contributed by atoms with Crippen LogP contribution >= 0.6 is 11.3 Å². The molecule has 8 heteroatoms. The molecule has 168 valence electrons. The van der Waals surface area contributed by atoms with Crippen molar-refractivity contribution >= 4 is 33.4 Å². The van der Waals surface area contributed by atoms with Gasteiger partial charge in [0.25, 0.3) is 11.5 Å². The molecule has 1 amide bonds. The summed E-state index contributed by atoms with van der Waals surface area (Å²) in [5, 5.41) is 0.786. The van der Waals surface area contributed by atoms with Gasteiger partial charge in [-0.15, -0.1) is 11.3 Å². The number of benzene rings is 1. The molecule has 33 heavy (non-hydrogen) atoms. The van der Waals surface area contributed by atoms with Gasteiger partial charge in [0.2, 0.25) is 5.95 Å². The van der Waals surface area contributed by atoms with Gasteiger partial charge in [-0.2, -0.15) is 0 Å². The van der Waals surface area contributed by atoms with E-state index in [1.807, 2.05) is 30.3 Å². The molecule has 1 fully saturated rings. The number of anilines is 1. The molecule has 1 aliphatic carbocycles. The fourth-order valence-electron chi connectivity index (χ4n) is 4.88. The third kappa shape index (κ3) is 3.45. The number of hydrogen-bond acceptors (Lipinski definition) is 6. The maximum atomic E-state index is 13.9. The second-order valence-corrected chi connectivity index (χ2v) is 9.62. The second kappa shape index (κ2) is 8.19. The number of hydrogen-bond donors (Lipinski definition) is 0. The maximum absolute atomic E-state index is 13.9. The Morgan fingerprint density at radius 3 is 2.52 bits per heavy atom. The molecule has 3 aromatic heterocycles. The van der Waals surface area contributed by atoms with E-state index in [-0.39, 0.29) is 11.5 Å². The fourth-order valence-corrected chi connectivity index (χ4v) is 6.13. The Morgan fingerprint density at radius 2 is 1.76 bits per heavy atom. The summed E-state index contributed by atoms with van der Waals surface area (Å²) in [6.45, 7) is 2.29. The van der Waals surface area contributed by atoms with Gasteiger partial charge in [0.05, 0.1) is 17.3 Å². The minimum Gasteiger partial charge on any atom is -0.459 e. The molecule has 4 aromatic rings. The van der Waals surface area contributed by atoms with Gasteiger partial charge in [-0.3, -0.25) is 9.59 Å². The van der Waals surface area contributed by atoms with E-state index in [9.17, 15) is 9.59 Å². The summed E-state index contributed by atoms with van der Waals surface area (Å²) in [7, 11) is 0. The van der Waals surface area contributed by atoms with E-state index in [2.05, 4.69) is 4.90 Å². The lowest BCUT2D eigenvalue weighted by Gasteiger charge is -2.35. The van der Waals surface area contributed by atoms with Crippen LogP contribution in [0.3, 0.4) is 0 Å². The van der Waals surface area contributed by atoms with E-state index < -0.39 is 0 Å². The van der Waals surface area contributed by atoms with Crippen LogP contribution in [-0.4, -0.2) is 46.5 Å². The van der Waals surface area contributed by atoms with Crippen molar-refractivity contribution in [3.8, 4) is 5.69 Å². The Balaban J connectivity index is 1.41. The Morgan fingerprint density at radius 1 is 0.970 bits per heavy atom. The lowest BCUT2D eigenvalue weighted by molar-refractivity contribution is 0.0714. The monoisotopic (exact) mass is 460 g/mol. The second-order valence-electron chi connectivity index (χ2n) is 8.54. The number of carbonyl (C=O) groups excluding carboxylic acids is 1. The smallest absolute Gasteiger partial charge is 0.289 e. The highest BCUT2D eigenvalue weighted by Crippen LogP contribution is 2.35. The van der Waals surface area contributed by atoms with Crippen molar-refractivity contribution in [1.82, 2.24) is 14.5 Å². The van der Waals surface area contributed by atoms with Crippen LogP contribution in [0.5, 0.6) is 0 Å². The summed E-state index contributed by atoms with van der Waals surface area (Å²) >= 11 is 1.67. The first-order valence-corrected chi connectivity index (χ1v) is 12.2. The van der Waals surface area contributed by atoms with Gasteiger partial charge >= 0.3 is 0 Å². The molecule has 1 aromatic carbocycles. The van der Waals surface area contributed by atoms with Crippen molar-refractivity contribution in [1.29, 1.82) is 0 Å². The molecular formula is C25H24N4O3S. The zero-order valence-electron chi connectivity index (χ0n) is 18.2. The van der Waals surface area contributed by atoms with E-state index in [1.54, 1.807) is 32.9 Å². The van der Waals surface area contributed by atoms with E-state index in [1.165, 1.54) is 23.1 Å². The average Bonchev–Trinajstić information content (AvgIpc) is 3.52. The van der Waals surface area contributed by atoms with Crippen LogP contribution in [-0.2, 0) is 12.8 Å². The normalized spacial score (nSPS) is 16.2. The first-order valence-electron chi connectivity index (χ1n) is 11.4. The number of furan rings is 1. The highest BCUT2D eigenvalue weighted by Gasteiger charge is 2.28. The van der Waals surface area contributed by atoms with Gasteiger partial charge in [0.1, 0.15) is 4.83 Å². The third-order valence-corrected chi connectivity index (χ3v) is 7.75. The van der Waals surface area contributed by atoms with E-state index in [0.29, 0.717) is 37.9 Å². The predicted octanol–water partition coefficient (Wildman–Crippen LogP) is 3.88. The first kappa shape index (κ1) is 20.2. The first-order chi connectivity index (χ1) is 16.2. The Bertz CT molecular complexity index is 1370. The van der Waals surface area contributed by atoms with Crippen molar-refractivity contribution in [2.75, 3.05) is 31.1 Å².